The maximum Gasteiger partial charge on any atom is 0.279 e. The Bertz CT molecular complexity index is 1110. The van der Waals surface area contributed by atoms with E-state index in [0.29, 0.717) is 16.5 Å². The van der Waals surface area contributed by atoms with Crippen molar-refractivity contribution in [3.05, 3.63) is 81.7 Å². The SMILES string of the molecule is Cc1ccccc1C(=O)NN(C(=O)c1coc2ccccc2c1=O)C(C)(C)C. The third-order valence-electron chi connectivity index (χ3n) is 4.39. The van der Waals surface area contributed by atoms with E-state index in [1.165, 1.54) is 5.01 Å². The molecule has 0 radical (unpaired) electrons. The van der Waals surface area contributed by atoms with E-state index in [0.717, 1.165) is 11.8 Å². The molecule has 0 aliphatic rings. The predicted molar refractivity (Wildman–Crippen MR) is 107 cm³/mol. The van der Waals surface area contributed by atoms with Crippen LogP contribution in [0.2, 0.25) is 0 Å². The van der Waals surface area contributed by atoms with Gasteiger partial charge in [0.25, 0.3) is 11.8 Å². The maximum atomic E-state index is 13.2. The number of hydrazine groups is 1. The number of benzene rings is 2. The molecule has 0 saturated carbocycles. The Morgan fingerprint density at radius 1 is 0.964 bits per heavy atom. The van der Waals surface area contributed by atoms with Crippen molar-refractivity contribution in [1.29, 1.82) is 0 Å². The van der Waals surface area contributed by atoms with Gasteiger partial charge in [0.05, 0.1) is 10.9 Å². The van der Waals surface area contributed by atoms with Crippen LogP contribution in [0.15, 0.2) is 64.0 Å². The van der Waals surface area contributed by atoms with Crippen LogP contribution in [-0.4, -0.2) is 22.4 Å². The molecule has 1 N–H and O–H groups in total. The quantitative estimate of drug-likeness (QED) is 0.690. The lowest BCUT2D eigenvalue weighted by molar-refractivity contribution is 0.0355. The van der Waals surface area contributed by atoms with E-state index in [9.17, 15) is 14.4 Å². The third-order valence-corrected chi connectivity index (χ3v) is 4.39. The molecule has 144 valence electrons. The number of nitrogens with one attached hydrogen (secondary N) is 1. The van der Waals surface area contributed by atoms with Gasteiger partial charge in [-0.05, 0) is 51.5 Å². The van der Waals surface area contributed by atoms with Crippen LogP contribution in [0.3, 0.4) is 0 Å². The fourth-order valence-corrected chi connectivity index (χ4v) is 2.86. The molecule has 0 atom stereocenters. The van der Waals surface area contributed by atoms with Gasteiger partial charge in [0.2, 0.25) is 5.43 Å². The second kappa shape index (κ2) is 7.31. The molecular formula is C22H22N2O4. The largest absolute Gasteiger partial charge is 0.463 e. The number of carbonyl (C=O) groups excluding carboxylic acids is 2. The minimum atomic E-state index is -0.770. The Morgan fingerprint density at radius 2 is 1.61 bits per heavy atom. The first-order chi connectivity index (χ1) is 13.2. The van der Waals surface area contributed by atoms with E-state index < -0.39 is 22.8 Å². The van der Waals surface area contributed by atoms with Crippen molar-refractivity contribution in [2.24, 2.45) is 0 Å². The second-order valence-electron chi connectivity index (χ2n) is 7.54. The Hall–Kier alpha value is -3.41. The molecule has 0 spiro atoms. The van der Waals surface area contributed by atoms with Gasteiger partial charge in [0.1, 0.15) is 17.4 Å². The van der Waals surface area contributed by atoms with Gasteiger partial charge in [0.15, 0.2) is 0 Å². The van der Waals surface area contributed by atoms with E-state index in [1.807, 2.05) is 19.1 Å². The van der Waals surface area contributed by atoms with Crippen LogP contribution in [0, 0.1) is 6.92 Å². The van der Waals surface area contributed by atoms with E-state index in [1.54, 1.807) is 57.2 Å². The van der Waals surface area contributed by atoms with Crippen molar-refractivity contribution in [1.82, 2.24) is 10.4 Å². The van der Waals surface area contributed by atoms with Crippen molar-refractivity contribution in [3.63, 3.8) is 0 Å². The summed E-state index contributed by atoms with van der Waals surface area (Å²) < 4.78 is 5.46. The second-order valence-corrected chi connectivity index (χ2v) is 7.54. The monoisotopic (exact) mass is 378 g/mol. The highest BCUT2D eigenvalue weighted by molar-refractivity contribution is 6.01. The molecular weight excluding hydrogens is 356 g/mol. The standard InChI is InChI=1S/C22H22N2O4/c1-14-9-5-6-10-15(14)20(26)23-24(22(2,3)4)21(27)17-13-28-18-12-8-7-11-16(18)19(17)25/h5-13H,1-4H3,(H,23,26). The van der Waals surface area contributed by atoms with E-state index >= 15 is 0 Å². The molecule has 6 nitrogen and oxygen atoms in total. The Kier molecular flexibility index (Phi) is 5.05. The van der Waals surface area contributed by atoms with Crippen molar-refractivity contribution >= 4 is 22.8 Å². The number of hydrogen-bond donors (Lipinski definition) is 1. The van der Waals surface area contributed by atoms with Gasteiger partial charge >= 0.3 is 0 Å². The number of carbonyl (C=O) groups is 2. The molecule has 1 heterocycles. The van der Waals surface area contributed by atoms with Gasteiger partial charge in [-0.15, -0.1) is 0 Å². The summed E-state index contributed by atoms with van der Waals surface area (Å²) in [6.45, 7) is 7.12. The number of para-hydroxylation sites is 1. The number of fused-ring (bicyclic) bond motifs is 1. The van der Waals surface area contributed by atoms with Crippen molar-refractivity contribution in [2.45, 2.75) is 33.2 Å². The molecule has 2 aromatic carbocycles. The van der Waals surface area contributed by atoms with Crippen molar-refractivity contribution in [2.75, 3.05) is 0 Å². The Morgan fingerprint density at radius 3 is 2.29 bits per heavy atom. The summed E-state index contributed by atoms with van der Waals surface area (Å²) in [7, 11) is 0. The lowest BCUT2D eigenvalue weighted by atomic mass is 10.1. The topological polar surface area (TPSA) is 79.6 Å². The average Bonchev–Trinajstić information content (AvgIpc) is 2.65. The number of rotatable bonds is 2. The summed E-state index contributed by atoms with van der Waals surface area (Å²) in [4.78, 5) is 38.7. The van der Waals surface area contributed by atoms with Gasteiger partial charge in [-0.25, -0.2) is 5.01 Å². The van der Waals surface area contributed by atoms with Gasteiger partial charge in [-0.2, -0.15) is 0 Å². The minimum absolute atomic E-state index is 0.140. The molecule has 0 aliphatic heterocycles. The molecule has 0 unspecified atom stereocenters. The lowest BCUT2D eigenvalue weighted by Gasteiger charge is -2.35. The van der Waals surface area contributed by atoms with Crippen LogP contribution in [0.5, 0.6) is 0 Å². The first kappa shape index (κ1) is 19.4. The molecule has 0 saturated heterocycles. The summed E-state index contributed by atoms with van der Waals surface area (Å²) >= 11 is 0. The van der Waals surface area contributed by atoms with Crippen LogP contribution >= 0.6 is 0 Å². The summed E-state index contributed by atoms with van der Waals surface area (Å²) in [5.41, 5.74) is 2.94. The smallest absolute Gasteiger partial charge is 0.279 e. The van der Waals surface area contributed by atoms with Crippen LogP contribution in [0.25, 0.3) is 11.0 Å². The molecule has 0 aliphatic carbocycles. The molecule has 0 fully saturated rings. The van der Waals surface area contributed by atoms with E-state index in [4.69, 9.17) is 4.42 Å². The normalized spacial score (nSPS) is 11.3. The average molecular weight is 378 g/mol. The number of amides is 2. The number of nitrogens with zero attached hydrogens (tertiary/aromatic N) is 1. The fourth-order valence-electron chi connectivity index (χ4n) is 2.86. The molecule has 0 bridgehead atoms. The molecule has 1 aromatic heterocycles. The molecule has 3 rings (SSSR count). The summed E-state index contributed by atoms with van der Waals surface area (Å²) in [6, 6.07) is 13.8. The van der Waals surface area contributed by atoms with Gasteiger partial charge < -0.3 is 4.42 Å². The van der Waals surface area contributed by atoms with Crippen molar-refractivity contribution < 1.29 is 14.0 Å². The van der Waals surface area contributed by atoms with Crippen LogP contribution in [0.1, 0.15) is 47.1 Å². The number of hydrogen-bond acceptors (Lipinski definition) is 4. The first-order valence-electron chi connectivity index (χ1n) is 8.92. The highest BCUT2D eigenvalue weighted by Crippen LogP contribution is 2.17. The van der Waals surface area contributed by atoms with Crippen LogP contribution in [-0.2, 0) is 0 Å². The molecule has 2 amide bonds. The zero-order chi connectivity index (χ0) is 20.5. The van der Waals surface area contributed by atoms with Gasteiger partial charge in [0, 0.05) is 5.56 Å². The highest BCUT2D eigenvalue weighted by Gasteiger charge is 2.32. The third kappa shape index (κ3) is 3.67. The van der Waals surface area contributed by atoms with Crippen LogP contribution < -0.4 is 10.9 Å². The first-order valence-corrected chi connectivity index (χ1v) is 8.92. The van der Waals surface area contributed by atoms with Crippen molar-refractivity contribution in [3.8, 4) is 0 Å². The Labute approximate surface area is 162 Å². The summed E-state index contributed by atoms with van der Waals surface area (Å²) in [6.07, 6.45) is 1.14. The van der Waals surface area contributed by atoms with E-state index in [-0.39, 0.29) is 5.56 Å². The van der Waals surface area contributed by atoms with E-state index in [2.05, 4.69) is 5.43 Å². The summed E-state index contributed by atoms with van der Waals surface area (Å²) in [5, 5.41) is 1.48. The molecule has 28 heavy (non-hydrogen) atoms. The van der Waals surface area contributed by atoms with Crippen LogP contribution in [0.4, 0.5) is 0 Å². The zero-order valence-electron chi connectivity index (χ0n) is 16.3. The number of aryl methyl sites for hydroxylation is 1. The molecule has 6 heteroatoms. The predicted octanol–water partition coefficient (Wildman–Crippen LogP) is 3.69. The fraction of sp³-hybridized carbons (Fsp3) is 0.227. The maximum absolute atomic E-state index is 13.2. The van der Waals surface area contributed by atoms with Gasteiger partial charge in [-0.1, -0.05) is 30.3 Å². The molecule has 3 aromatic rings. The zero-order valence-corrected chi connectivity index (χ0v) is 16.3. The Balaban J connectivity index is 2.00. The highest BCUT2D eigenvalue weighted by atomic mass is 16.3. The lowest BCUT2D eigenvalue weighted by Crippen LogP contribution is -2.56. The van der Waals surface area contributed by atoms with Gasteiger partial charge in [-0.3, -0.25) is 19.8 Å². The minimum Gasteiger partial charge on any atom is -0.463 e. The summed E-state index contributed by atoms with van der Waals surface area (Å²) in [5.74, 6) is -1.06.